The number of aryl methyl sites for hydroxylation is 2. The molecule has 0 aromatic carbocycles. The van der Waals surface area contributed by atoms with Crippen LogP contribution in [0.3, 0.4) is 0 Å². The van der Waals surface area contributed by atoms with Crippen LogP contribution in [0.15, 0.2) is 6.07 Å². The molecule has 0 amide bonds. The predicted molar refractivity (Wildman–Crippen MR) is 72.1 cm³/mol. The van der Waals surface area contributed by atoms with Crippen molar-refractivity contribution in [2.24, 2.45) is 0 Å². The van der Waals surface area contributed by atoms with Crippen LogP contribution in [0.5, 0.6) is 0 Å². The first-order valence-corrected chi connectivity index (χ1v) is 6.59. The number of methoxy groups -OCH3 is 1. The lowest BCUT2D eigenvalue weighted by Crippen LogP contribution is -2.33. The van der Waals surface area contributed by atoms with Crippen LogP contribution < -0.4 is 0 Å². The first kappa shape index (κ1) is 15.7. The molecule has 1 heterocycles. The number of carboxylic acid groups (broad SMARTS) is 1. The predicted octanol–water partition coefficient (Wildman–Crippen LogP) is 0.998. The summed E-state index contributed by atoms with van der Waals surface area (Å²) in [6.45, 7) is 6.60. The standard InChI is InChI=1S/C13H23N3O3/c1-4-11-8-12(16(5-2)14-11)9-15(6-7-19-3)10-13(17)18/h8H,4-7,9-10H2,1-3H3,(H,17,18). The van der Waals surface area contributed by atoms with E-state index >= 15 is 0 Å². The molecule has 0 bridgehead atoms. The number of nitrogens with zero attached hydrogens (tertiary/aromatic N) is 3. The summed E-state index contributed by atoms with van der Waals surface area (Å²) in [6.07, 6.45) is 0.886. The minimum Gasteiger partial charge on any atom is -0.480 e. The molecule has 0 spiro atoms. The van der Waals surface area contributed by atoms with Crippen LogP contribution in [-0.2, 0) is 29.0 Å². The number of carbonyl (C=O) groups is 1. The van der Waals surface area contributed by atoms with E-state index in [0.29, 0.717) is 19.7 Å². The SMILES string of the molecule is CCc1cc(CN(CCOC)CC(=O)O)n(CC)n1. The van der Waals surface area contributed by atoms with E-state index in [1.54, 1.807) is 7.11 Å². The fraction of sp³-hybridized carbons (Fsp3) is 0.692. The molecule has 0 saturated heterocycles. The first-order chi connectivity index (χ1) is 9.10. The quantitative estimate of drug-likeness (QED) is 0.724. The van der Waals surface area contributed by atoms with E-state index in [1.165, 1.54) is 0 Å². The van der Waals surface area contributed by atoms with Crippen LogP contribution in [0.2, 0.25) is 0 Å². The normalized spacial score (nSPS) is 11.2. The fourth-order valence-corrected chi connectivity index (χ4v) is 1.94. The zero-order valence-corrected chi connectivity index (χ0v) is 11.9. The summed E-state index contributed by atoms with van der Waals surface area (Å²) in [6, 6.07) is 2.05. The molecule has 0 fully saturated rings. The maximum atomic E-state index is 10.9. The first-order valence-electron chi connectivity index (χ1n) is 6.59. The molecule has 0 unspecified atom stereocenters. The van der Waals surface area contributed by atoms with Crippen LogP contribution in [0.1, 0.15) is 25.2 Å². The molecule has 6 heteroatoms. The largest absolute Gasteiger partial charge is 0.480 e. The summed E-state index contributed by atoms with van der Waals surface area (Å²) in [5.74, 6) is -0.825. The second-order valence-corrected chi connectivity index (χ2v) is 4.39. The lowest BCUT2D eigenvalue weighted by Gasteiger charge is -2.20. The second-order valence-electron chi connectivity index (χ2n) is 4.39. The van der Waals surface area contributed by atoms with Crippen molar-refractivity contribution in [3.63, 3.8) is 0 Å². The van der Waals surface area contributed by atoms with Gasteiger partial charge in [-0.2, -0.15) is 5.10 Å². The van der Waals surface area contributed by atoms with Gasteiger partial charge in [-0.3, -0.25) is 14.4 Å². The van der Waals surface area contributed by atoms with Gasteiger partial charge in [-0.1, -0.05) is 6.92 Å². The summed E-state index contributed by atoms with van der Waals surface area (Å²) in [4.78, 5) is 12.7. The Morgan fingerprint density at radius 2 is 2.26 bits per heavy atom. The fourth-order valence-electron chi connectivity index (χ4n) is 1.94. The van der Waals surface area contributed by atoms with E-state index in [2.05, 4.69) is 12.0 Å². The zero-order valence-electron chi connectivity index (χ0n) is 11.9. The van der Waals surface area contributed by atoms with Crippen LogP contribution in [-0.4, -0.2) is 52.6 Å². The topological polar surface area (TPSA) is 67.6 Å². The molecule has 0 radical (unpaired) electrons. The van der Waals surface area contributed by atoms with Crippen molar-refractivity contribution in [2.75, 3.05) is 26.8 Å². The monoisotopic (exact) mass is 269 g/mol. The van der Waals surface area contributed by atoms with Crippen LogP contribution >= 0.6 is 0 Å². The number of hydrogen-bond donors (Lipinski definition) is 1. The molecule has 0 atom stereocenters. The van der Waals surface area contributed by atoms with E-state index in [9.17, 15) is 4.79 Å². The number of rotatable bonds is 9. The van der Waals surface area contributed by atoms with Gasteiger partial charge in [0, 0.05) is 26.7 Å². The minimum atomic E-state index is -0.825. The van der Waals surface area contributed by atoms with E-state index in [1.807, 2.05) is 22.6 Å². The lowest BCUT2D eigenvalue weighted by atomic mass is 10.3. The van der Waals surface area contributed by atoms with Crippen molar-refractivity contribution >= 4 is 5.97 Å². The van der Waals surface area contributed by atoms with Gasteiger partial charge in [0.05, 0.1) is 24.5 Å². The van der Waals surface area contributed by atoms with E-state index < -0.39 is 5.97 Å². The zero-order chi connectivity index (χ0) is 14.3. The summed E-state index contributed by atoms with van der Waals surface area (Å²) < 4.78 is 6.95. The molecule has 1 aromatic rings. The van der Waals surface area contributed by atoms with Gasteiger partial charge in [0.1, 0.15) is 0 Å². The number of hydrogen-bond acceptors (Lipinski definition) is 4. The average Bonchev–Trinajstić information content (AvgIpc) is 2.77. The smallest absolute Gasteiger partial charge is 0.317 e. The highest BCUT2D eigenvalue weighted by atomic mass is 16.5. The van der Waals surface area contributed by atoms with Crippen molar-refractivity contribution < 1.29 is 14.6 Å². The van der Waals surface area contributed by atoms with Crippen molar-refractivity contribution in [1.82, 2.24) is 14.7 Å². The summed E-state index contributed by atoms with van der Waals surface area (Å²) in [5.41, 5.74) is 2.09. The Balaban J connectivity index is 2.75. The Kier molecular flexibility index (Phi) is 6.52. The molecule has 6 nitrogen and oxygen atoms in total. The Morgan fingerprint density at radius 3 is 2.79 bits per heavy atom. The van der Waals surface area contributed by atoms with E-state index in [-0.39, 0.29) is 6.54 Å². The van der Waals surface area contributed by atoms with E-state index in [0.717, 1.165) is 24.4 Å². The van der Waals surface area contributed by atoms with Crippen molar-refractivity contribution in [1.29, 1.82) is 0 Å². The molecular weight excluding hydrogens is 246 g/mol. The lowest BCUT2D eigenvalue weighted by molar-refractivity contribution is -0.138. The number of carboxylic acids is 1. The van der Waals surface area contributed by atoms with Gasteiger partial charge in [0.15, 0.2) is 0 Å². The van der Waals surface area contributed by atoms with Crippen LogP contribution in [0, 0.1) is 0 Å². The molecule has 108 valence electrons. The highest BCUT2D eigenvalue weighted by Crippen LogP contribution is 2.09. The summed E-state index contributed by atoms with van der Waals surface area (Å²) >= 11 is 0. The maximum Gasteiger partial charge on any atom is 0.317 e. The molecule has 0 aliphatic carbocycles. The van der Waals surface area contributed by atoms with Crippen molar-refractivity contribution in [3.05, 3.63) is 17.5 Å². The number of aromatic nitrogens is 2. The molecule has 0 aliphatic heterocycles. The van der Waals surface area contributed by atoms with Gasteiger partial charge in [-0.15, -0.1) is 0 Å². The van der Waals surface area contributed by atoms with Gasteiger partial charge in [0.2, 0.25) is 0 Å². The summed E-state index contributed by atoms with van der Waals surface area (Å²) in [7, 11) is 1.62. The highest BCUT2D eigenvalue weighted by Gasteiger charge is 2.14. The van der Waals surface area contributed by atoms with Gasteiger partial charge in [-0.05, 0) is 19.4 Å². The third kappa shape index (κ3) is 5.00. The van der Waals surface area contributed by atoms with Gasteiger partial charge in [-0.25, -0.2) is 0 Å². The van der Waals surface area contributed by atoms with Crippen molar-refractivity contribution in [3.8, 4) is 0 Å². The third-order valence-corrected chi connectivity index (χ3v) is 2.93. The third-order valence-electron chi connectivity index (χ3n) is 2.93. The average molecular weight is 269 g/mol. The highest BCUT2D eigenvalue weighted by molar-refractivity contribution is 5.69. The molecule has 0 aliphatic rings. The van der Waals surface area contributed by atoms with Gasteiger partial charge < -0.3 is 9.84 Å². The van der Waals surface area contributed by atoms with E-state index in [4.69, 9.17) is 9.84 Å². The van der Waals surface area contributed by atoms with Crippen LogP contribution in [0.25, 0.3) is 0 Å². The molecular formula is C13H23N3O3. The Hall–Kier alpha value is -1.40. The van der Waals surface area contributed by atoms with Crippen LogP contribution in [0.4, 0.5) is 0 Å². The minimum absolute atomic E-state index is 0.0136. The maximum absolute atomic E-state index is 10.9. The molecule has 0 saturated carbocycles. The second kappa shape index (κ2) is 7.91. The van der Waals surface area contributed by atoms with Gasteiger partial charge >= 0.3 is 5.97 Å². The number of ether oxygens (including phenoxy) is 1. The molecule has 1 rings (SSSR count). The summed E-state index contributed by atoms with van der Waals surface area (Å²) in [5, 5.41) is 13.4. The Labute approximate surface area is 114 Å². The van der Waals surface area contributed by atoms with Crippen molar-refractivity contribution in [2.45, 2.75) is 33.4 Å². The molecule has 1 aromatic heterocycles. The molecule has 1 N–H and O–H groups in total. The molecule has 19 heavy (non-hydrogen) atoms. The number of aliphatic carboxylic acids is 1. The Morgan fingerprint density at radius 1 is 1.53 bits per heavy atom. The Bertz CT molecular complexity index is 404. The van der Waals surface area contributed by atoms with Gasteiger partial charge in [0.25, 0.3) is 0 Å².